The average Bonchev–Trinajstić information content (AvgIpc) is 3.62. The Morgan fingerprint density at radius 3 is 2.47 bits per heavy atom. The molecule has 7 atom stereocenters. The molecule has 1 aliphatic heterocycles. The molecule has 0 spiro atoms. The predicted molar refractivity (Wildman–Crippen MR) is 182 cm³/mol. The van der Waals surface area contributed by atoms with E-state index in [9.17, 15) is 57.9 Å². The summed E-state index contributed by atoms with van der Waals surface area (Å²) in [6.07, 6.45) is -4.76. The monoisotopic (exact) mass is 837 g/mol. The van der Waals surface area contributed by atoms with Gasteiger partial charge in [0, 0.05) is 37.1 Å². The van der Waals surface area contributed by atoms with Crippen LogP contribution in [0, 0.1) is 5.41 Å². The molecule has 0 radical (unpaired) electrons. The van der Waals surface area contributed by atoms with E-state index in [1.165, 1.54) is 13.8 Å². The summed E-state index contributed by atoms with van der Waals surface area (Å²) in [5, 5.41) is 26.4. The zero-order valence-electron chi connectivity index (χ0n) is 28.3. The summed E-state index contributed by atoms with van der Waals surface area (Å²) >= 11 is 1.57. The van der Waals surface area contributed by atoms with E-state index in [1.54, 1.807) is 11.8 Å². The lowest BCUT2D eigenvalue weighted by Crippen LogP contribution is -2.46. The molecule has 53 heavy (non-hydrogen) atoms. The Balaban J connectivity index is 1.51. The average molecular weight is 838 g/mol. The maximum Gasteiger partial charge on any atom is 0.481 e. The predicted octanol–water partition coefficient (Wildman–Crippen LogP) is -0.883. The van der Waals surface area contributed by atoms with Crippen molar-refractivity contribution in [2.24, 2.45) is 5.41 Å². The summed E-state index contributed by atoms with van der Waals surface area (Å²) in [4.78, 5) is 85.6. The SMILES string of the molecule is CC(C)(COP(=O)(O)OP(=O)(O)OC[C@H]1O[C@@H](n2cnc3c(N)ncnc32)[C@H](O)[C@@H]1OP(=O)(O)O)[C@@H](O)C(=O)NCCC(=O)NCCSCCCC=O. The Hall–Kier alpha value is -2.44. The van der Waals surface area contributed by atoms with Gasteiger partial charge >= 0.3 is 23.5 Å². The van der Waals surface area contributed by atoms with Crippen LogP contribution in [0.15, 0.2) is 12.7 Å². The van der Waals surface area contributed by atoms with Crippen molar-refractivity contribution >= 4 is 70.3 Å². The second-order valence-corrected chi connectivity index (χ2v) is 17.5. The molecule has 1 fully saturated rings. The molecule has 10 N–H and O–H groups in total. The normalized spacial score (nSPS) is 22.2. The number of nitrogens with one attached hydrogen (secondary N) is 2. The zero-order chi connectivity index (χ0) is 39.6. The number of carbonyl (C=O) groups excluding carboxylic acids is 3. The van der Waals surface area contributed by atoms with Gasteiger partial charge in [-0.25, -0.2) is 28.6 Å². The first kappa shape index (κ1) is 45.0. The second kappa shape index (κ2) is 19.4. The van der Waals surface area contributed by atoms with Crippen LogP contribution < -0.4 is 16.4 Å². The number of unbranched alkanes of at least 4 members (excludes halogenated alkanes) is 1. The lowest BCUT2D eigenvalue weighted by Gasteiger charge is -2.30. The number of aromatic nitrogens is 4. The number of rotatable bonds is 23. The Bertz CT molecular complexity index is 1710. The molecule has 1 aliphatic rings. The number of phosphoric acid groups is 3. The highest BCUT2D eigenvalue weighted by Gasteiger charge is 2.50. The third kappa shape index (κ3) is 14.0. The largest absolute Gasteiger partial charge is 0.481 e. The van der Waals surface area contributed by atoms with E-state index in [0.29, 0.717) is 18.7 Å². The molecule has 3 heterocycles. The third-order valence-electron chi connectivity index (χ3n) is 7.26. The number of imidazole rings is 1. The minimum Gasteiger partial charge on any atom is -0.386 e. The van der Waals surface area contributed by atoms with E-state index < -0.39 is 78.6 Å². The van der Waals surface area contributed by atoms with Crippen LogP contribution in [-0.2, 0) is 50.7 Å². The summed E-state index contributed by atoms with van der Waals surface area (Å²) in [5.41, 5.74) is 4.28. The Labute approximate surface area is 306 Å². The van der Waals surface area contributed by atoms with E-state index >= 15 is 0 Å². The molecule has 300 valence electrons. The van der Waals surface area contributed by atoms with Gasteiger partial charge in [-0.15, -0.1) is 0 Å². The topological polar surface area (TPSA) is 364 Å². The van der Waals surface area contributed by atoms with Crippen LogP contribution in [0.1, 0.15) is 39.3 Å². The fourth-order valence-electron chi connectivity index (χ4n) is 4.57. The Morgan fingerprint density at radius 2 is 1.79 bits per heavy atom. The molecule has 2 aromatic heterocycles. The van der Waals surface area contributed by atoms with Gasteiger partial charge in [-0.05, 0) is 12.2 Å². The maximum atomic E-state index is 12.6. The molecule has 24 nitrogen and oxygen atoms in total. The zero-order valence-corrected chi connectivity index (χ0v) is 31.8. The van der Waals surface area contributed by atoms with Crippen molar-refractivity contribution in [3.63, 3.8) is 0 Å². The lowest BCUT2D eigenvalue weighted by atomic mass is 9.87. The van der Waals surface area contributed by atoms with Crippen molar-refractivity contribution in [3.05, 3.63) is 12.7 Å². The lowest BCUT2D eigenvalue weighted by molar-refractivity contribution is -0.137. The van der Waals surface area contributed by atoms with Gasteiger partial charge in [0.05, 0.1) is 19.5 Å². The number of aldehydes is 1. The number of thioether (sulfide) groups is 1. The van der Waals surface area contributed by atoms with Crippen molar-refractivity contribution in [1.29, 1.82) is 0 Å². The summed E-state index contributed by atoms with van der Waals surface area (Å²) in [6, 6.07) is 0. The quantitative estimate of drug-likeness (QED) is 0.0372. The van der Waals surface area contributed by atoms with E-state index in [2.05, 4.69) is 34.4 Å². The molecular weight excluding hydrogens is 795 g/mol. The molecule has 0 saturated carbocycles. The van der Waals surface area contributed by atoms with Crippen molar-refractivity contribution in [2.75, 3.05) is 43.5 Å². The highest BCUT2D eigenvalue weighted by atomic mass is 32.2. The van der Waals surface area contributed by atoms with Gasteiger partial charge in [0.1, 0.15) is 42.5 Å². The van der Waals surface area contributed by atoms with E-state index in [4.69, 9.17) is 19.5 Å². The Kier molecular flexibility index (Phi) is 16.5. The number of phosphoric ester groups is 3. The smallest absolute Gasteiger partial charge is 0.386 e. The first-order valence-electron chi connectivity index (χ1n) is 15.6. The second-order valence-electron chi connectivity index (χ2n) is 12.0. The van der Waals surface area contributed by atoms with E-state index in [-0.39, 0.29) is 35.9 Å². The highest BCUT2D eigenvalue weighted by Crippen LogP contribution is 2.61. The minimum atomic E-state index is -5.55. The molecule has 0 aliphatic carbocycles. The minimum absolute atomic E-state index is 0.0336. The van der Waals surface area contributed by atoms with Gasteiger partial charge in [0.2, 0.25) is 11.8 Å². The van der Waals surface area contributed by atoms with Crippen LogP contribution in [0.25, 0.3) is 11.2 Å². The molecule has 1 saturated heterocycles. The van der Waals surface area contributed by atoms with E-state index in [1.807, 2.05) is 0 Å². The molecule has 2 unspecified atom stereocenters. The van der Waals surface area contributed by atoms with Gasteiger partial charge in [-0.1, -0.05) is 13.8 Å². The number of fused-ring (bicyclic) bond motifs is 1. The summed E-state index contributed by atoms with van der Waals surface area (Å²) in [7, 11) is -16.3. The van der Waals surface area contributed by atoms with Crippen LogP contribution in [0.2, 0.25) is 0 Å². The number of amides is 2. The molecular formula is C25H42N7O17P3S. The number of hydrogen-bond acceptors (Lipinski definition) is 18. The van der Waals surface area contributed by atoms with Gasteiger partial charge in [-0.3, -0.25) is 27.7 Å². The summed E-state index contributed by atoms with van der Waals surface area (Å²) < 4.78 is 62.0. The maximum absolute atomic E-state index is 12.6. The summed E-state index contributed by atoms with van der Waals surface area (Å²) in [6.45, 7) is 0.749. The van der Waals surface area contributed by atoms with Gasteiger partial charge in [-0.2, -0.15) is 16.1 Å². The summed E-state index contributed by atoms with van der Waals surface area (Å²) in [5.74, 6) is 0.0485. The van der Waals surface area contributed by atoms with Crippen molar-refractivity contribution in [3.8, 4) is 0 Å². The number of anilines is 1. The van der Waals surface area contributed by atoms with Gasteiger partial charge < -0.3 is 55.7 Å². The van der Waals surface area contributed by atoms with Gasteiger partial charge in [0.25, 0.3) is 0 Å². The first-order chi connectivity index (χ1) is 24.7. The third-order valence-corrected chi connectivity index (χ3v) is 11.4. The highest BCUT2D eigenvalue weighted by molar-refractivity contribution is 7.99. The van der Waals surface area contributed by atoms with Crippen molar-refractivity contribution in [2.45, 2.75) is 63.8 Å². The first-order valence-corrected chi connectivity index (χ1v) is 21.2. The van der Waals surface area contributed by atoms with Crippen LogP contribution in [-0.4, -0.2) is 130 Å². The van der Waals surface area contributed by atoms with Crippen molar-refractivity contribution < 1.29 is 80.5 Å². The molecule has 2 aromatic rings. The van der Waals surface area contributed by atoms with E-state index in [0.717, 1.165) is 35.7 Å². The van der Waals surface area contributed by atoms with Crippen LogP contribution in [0.4, 0.5) is 5.82 Å². The number of hydrogen-bond donors (Lipinski definition) is 9. The number of aliphatic hydroxyl groups excluding tert-OH is 2. The van der Waals surface area contributed by atoms with Crippen molar-refractivity contribution in [1.82, 2.24) is 30.2 Å². The fourth-order valence-corrected chi connectivity index (χ4v) is 8.22. The number of nitrogen functional groups attached to an aromatic ring is 1. The number of nitrogens with two attached hydrogens (primary N) is 1. The molecule has 0 aromatic carbocycles. The number of ether oxygens (including phenoxy) is 1. The fraction of sp³-hybridized carbons (Fsp3) is 0.680. The standard InChI is InChI=1S/C25H42N7O17P3S/c1-25(2,20(36)23(37)28-6-5-16(34)27-7-10-53-9-4-3-8-33)12-46-52(43,44)49-51(41,42)45-11-15-19(48-50(38,39)40)18(35)24(47-15)32-14-31-17-21(26)29-13-30-22(17)32/h8,13-15,18-20,24,35-36H,3-7,9-12H2,1-2H3,(H,27,34)(H,28,37)(H,41,42)(H,43,44)(H2,26,29,30)(H2,38,39,40)/t15-,18-,19-,20+,24-/m1/s1. The molecule has 3 rings (SSSR count). The van der Waals surface area contributed by atoms with Crippen LogP contribution in [0.5, 0.6) is 0 Å². The Morgan fingerprint density at radius 1 is 1.09 bits per heavy atom. The number of aliphatic hydroxyl groups is 2. The molecule has 28 heteroatoms. The number of carbonyl (C=O) groups is 3. The van der Waals surface area contributed by atoms with Crippen LogP contribution in [0.3, 0.4) is 0 Å². The molecule has 2 amide bonds. The van der Waals surface area contributed by atoms with Crippen LogP contribution >= 0.6 is 35.2 Å². The number of nitrogens with zero attached hydrogens (tertiary/aromatic N) is 4. The van der Waals surface area contributed by atoms with Gasteiger partial charge in [0.15, 0.2) is 17.7 Å². The molecule has 0 bridgehead atoms.